The van der Waals surface area contributed by atoms with E-state index in [-0.39, 0.29) is 11.2 Å². The van der Waals surface area contributed by atoms with Gasteiger partial charge in [-0.15, -0.1) is 0 Å². The Balaban J connectivity index is 1.96. The lowest BCUT2D eigenvalue weighted by Crippen LogP contribution is -2.05. The zero-order valence-electron chi connectivity index (χ0n) is 13.7. The number of fused-ring (bicyclic) bond motifs is 1. The second-order valence-electron chi connectivity index (χ2n) is 5.61. The molecule has 0 N–H and O–H groups in total. The average molecular weight is 322 g/mol. The van der Waals surface area contributed by atoms with E-state index in [1.807, 2.05) is 32.0 Å². The van der Waals surface area contributed by atoms with E-state index < -0.39 is 0 Å². The van der Waals surface area contributed by atoms with E-state index in [2.05, 4.69) is 6.58 Å². The summed E-state index contributed by atoms with van der Waals surface area (Å²) in [6.45, 7) is 7.95. The van der Waals surface area contributed by atoms with Crippen LogP contribution in [-0.4, -0.2) is 6.61 Å². The topological polar surface area (TPSA) is 48.7 Å². The summed E-state index contributed by atoms with van der Waals surface area (Å²) in [7, 11) is 0. The van der Waals surface area contributed by atoms with Crippen LogP contribution in [0.25, 0.3) is 11.0 Å². The van der Waals surface area contributed by atoms with Crippen LogP contribution in [0.5, 0.6) is 17.2 Å². The maximum absolute atomic E-state index is 12.6. The second-order valence-corrected chi connectivity index (χ2v) is 5.61. The highest BCUT2D eigenvalue weighted by molar-refractivity contribution is 5.79. The van der Waals surface area contributed by atoms with Gasteiger partial charge in [0.2, 0.25) is 11.2 Å². The molecule has 24 heavy (non-hydrogen) atoms. The largest absolute Gasteiger partial charge is 0.489 e. The van der Waals surface area contributed by atoms with Crippen molar-refractivity contribution in [2.45, 2.75) is 13.8 Å². The minimum Gasteiger partial charge on any atom is -0.489 e. The Kier molecular flexibility index (Phi) is 4.38. The highest BCUT2D eigenvalue weighted by Crippen LogP contribution is 2.25. The molecule has 0 aliphatic carbocycles. The lowest BCUT2D eigenvalue weighted by atomic mass is 10.1. The van der Waals surface area contributed by atoms with Crippen LogP contribution < -0.4 is 14.9 Å². The van der Waals surface area contributed by atoms with Crippen molar-refractivity contribution in [3.8, 4) is 17.2 Å². The van der Waals surface area contributed by atoms with E-state index in [1.54, 1.807) is 24.3 Å². The lowest BCUT2D eigenvalue weighted by Gasteiger charge is -2.08. The number of aryl methyl sites for hydroxylation is 2. The standard InChI is InChI=1S/C20H18O4/c1-4-7-22-15-5-6-17-18(11-15)23-12-19(20(17)21)24-16-9-13(2)8-14(3)10-16/h4-6,8-12H,1,7H2,2-3H3. The van der Waals surface area contributed by atoms with Gasteiger partial charge < -0.3 is 13.9 Å². The van der Waals surface area contributed by atoms with Gasteiger partial charge in [-0.2, -0.15) is 0 Å². The molecule has 0 unspecified atom stereocenters. The summed E-state index contributed by atoms with van der Waals surface area (Å²) in [6, 6.07) is 10.9. The van der Waals surface area contributed by atoms with Gasteiger partial charge in [0.1, 0.15) is 30.0 Å². The Morgan fingerprint density at radius 2 is 1.83 bits per heavy atom. The van der Waals surface area contributed by atoms with Gasteiger partial charge in [0.05, 0.1) is 5.39 Å². The number of benzene rings is 2. The molecule has 0 saturated carbocycles. The number of rotatable bonds is 5. The molecular formula is C20H18O4. The molecule has 0 saturated heterocycles. The van der Waals surface area contributed by atoms with Crippen LogP contribution in [0.1, 0.15) is 11.1 Å². The maximum Gasteiger partial charge on any atom is 0.235 e. The fraction of sp³-hybridized carbons (Fsp3) is 0.150. The van der Waals surface area contributed by atoms with Gasteiger partial charge in [-0.3, -0.25) is 4.79 Å². The third-order valence-corrected chi connectivity index (χ3v) is 3.51. The minimum absolute atomic E-state index is 0.159. The van der Waals surface area contributed by atoms with E-state index in [0.717, 1.165) is 11.1 Å². The maximum atomic E-state index is 12.6. The summed E-state index contributed by atoms with van der Waals surface area (Å²) in [4.78, 5) is 12.6. The van der Waals surface area contributed by atoms with Crippen LogP contribution in [0.3, 0.4) is 0 Å². The normalized spacial score (nSPS) is 10.6. The Morgan fingerprint density at radius 1 is 1.08 bits per heavy atom. The van der Waals surface area contributed by atoms with Crippen molar-refractivity contribution in [1.82, 2.24) is 0 Å². The van der Waals surface area contributed by atoms with Crippen molar-refractivity contribution < 1.29 is 13.9 Å². The van der Waals surface area contributed by atoms with Crippen LogP contribution >= 0.6 is 0 Å². The van der Waals surface area contributed by atoms with Crippen molar-refractivity contribution in [1.29, 1.82) is 0 Å². The third kappa shape index (κ3) is 3.33. The second kappa shape index (κ2) is 6.62. The molecule has 0 atom stereocenters. The average Bonchev–Trinajstić information content (AvgIpc) is 2.54. The molecule has 0 radical (unpaired) electrons. The van der Waals surface area contributed by atoms with E-state index in [0.29, 0.717) is 29.1 Å². The predicted molar refractivity (Wildman–Crippen MR) is 94.2 cm³/mol. The summed E-state index contributed by atoms with van der Waals surface area (Å²) in [5.74, 6) is 1.39. The molecule has 0 aliphatic heterocycles. The first-order chi connectivity index (χ1) is 11.6. The molecule has 2 aromatic carbocycles. The number of hydrogen-bond donors (Lipinski definition) is 0. The molecule has 0 spiro atoms. The Bertz CT molecular complexity index is 933. The van der Waals surface area contributed by atoms with Gasteiger partial charge in [0, 0.05) is 6.07 Å². The zero-order valence-corrected chi connectivity index (χ0v) is 13.7. The lowest BCUT2D eigenvalue weighted by molar-refractivity contribution is 0.363. The monoisotopic (exact) mass is 322 g/mol. The molecule has 0 aliphatic rings. The molecule has 122 valence electrons. The first kappa shape index (κ1) is 15.9. The quantitative estimate of drug-likeness (QED) is 0.635. The van der Waals surface area contributed by atoms with Crippen LogP contribution in [0.15, 0.2) is 64.5 Å². The first-order valence-electron chi connectivity index (χ1n) is 7.62. The van der Waals surface area contributed by atoms with Gasteiger partial charge in [0.25, 0.3) is 0 Å². The smallest absolute Gasteiger partial charge is 0.235 e. The van der Waals surface area contributed by atoms with Crippen molar-refractivity contribution in [2.75, 3.05) is 6.61 Å². The van der Waals surface area contributed by atoms with Crippen molar-refractivity contribution in [2.24, 2.45) is 0 Å². The van der Waals surface area contributed by atoms with Crippen LogP contribution in [0.4, 0.5) is 0 Å². The van der Waals surface area contributed by atoms with Crippen LogP contribution in [0.2, 0.25) is 0 Å². The fourth-order valence-corrected chi connectivity index (χ4v) is 2.53. The highest BCUT2D eigenvalue weighted by atomic mass is 16.5. The molecule has 0 amide bonds. The Labute approximate surface area is 139 Å². The summed E-state index contributed by atoms with van der Waals surface area (Å²) < 4.78 is 16.7. The predicted octanol–water partition coefficient (Wildman–Crippen LogP) is 4.77. The van der Waals surface area contributed by atoms with Gasteiger partial charge in [-0.1, -0.05) is 18.7 Å². The first-order valence-corrected chi connectivity index (χ1v) is 7.62. The van der Waals surface area contributed by atoms with Gasteiger partial charge >= 0.3 is 0 Å². The van der Waals surface area contributed by atoms with Crippen molar-refractivity contribution in [3.05, 3.63) is 76.7 Å². The molecule has 4 nitrogen and oxygen atoms in total. The summed E-state index contributed by atoms with van der Waals surface area (Å²) >= 11 is 0. The van der Waals surface area contributed by atoms with Gasteiger partial charge in [-0.25, -0.2) is 0 Å². The van der Waals surface area contributed by atoms with Crippen LogP contribution in [0, 0.1) is 13.8 Å². The highest BCUT2D eigenvalue weighted by Gasteiger charge is 2.10. The number of ether oxygens (including phenoxy) is 2. The molecular weight excluding hydrogens is 304 g/mol. The molecule has 3 rings (SSSR count). The molecule has 3 aromatic rings. The van der Waals surface area contributed by atoms with Crippen LogP contribution in [-0.2, 0) is 0 Å². The fourth-order valence-electron chi connectivity index (χ4n) is 2.53. The summed E-state index contributed by atoms with van der Waals surface area (Å²) in [6.07, 6.45) is 2.99. The van der Waals surface area contributed by atoms with Crippen molar-refractivity contribution >= 4 is 11.0 Å². The van der Waals surface area contributed by atoms with Gasteiger partial charge in [0.15, 0.2) is 0 Å². The van der Waals surface area contributed by atoms with E-state index in [4.69, 9.17) is 13.9 Å². The van der Waals surface area contributed by atoms with E-state index in [1.165, 1.54) is 6.26 Å². The molecule has 4 heteroatoms. The Morgan fingerprint density at radius 3 is 2.54 bits per heavy atom. The zero-order chi connectivity index (χ0) is 17.1. The van der Waals surface area contributed by atoms with E-state index >= 15 is 0 Å². The summed E-state index contributed by atoms with van der Waals surface area (Å²) in [5.41, 5.74) is 2.37. The van der Waals surface area contributed by atoms with Crippen molar-refractivity contribution in [3.63, 3.8) is 0 Å². The van der Waals surface area contributed by atoms with E-state index in [9.17, 15) is 4.79 Å². The molecule has 1 heterocycles. The molecule has 0 fully saturated rings. The number of hydrogen-bond acceptors (Lipinski definition) is 4. The van der Waals surface area contributed by atoms with Gasteiger partial charge in [-0.05, 0) is 49.2 Å². The third-order valence-electron chi connectivity index (χ3n) is 3.51. The minimum atomic E-state index is -0.217. The molecule has 1 aromatic heterocycles. The Hall–Kier alpha value is -3.01. The molecule has 0 bridgehead atoms. The SMILES string of the molecule is C=CCOc1ccc2c(=O)c(Oc3cc(C)cc(C)c3)coc2c1. The summed E-state index contributed by atoms with van der Waals surface area (Å²) in [5, 5.41) is 0.447.